The summed E-state index contributed by atoms with van der Waals surface area (Å²) in [6.07, 6.45) is 3.70. The first kappa shape index (κ1) is 15.2. The Labute approximate surface area is 145 Å². The number of amides is 1. The van der Waals surface area contributed by atoms with Crippen LogP contribution < -0.4 is 0 Å². The van der Waals surface area contributed by atoms with Crippen LogP contribution in [0.3, 0.4) is 0 Å². The van der Waals surface area contributed by atoms with Crippen LogP contribution in [0.15, 0.2) is 54.9 Å². The second kappa shape index (κ2) is 5.91. The molecule has 1 aromatic carbocycles. The maximum absolute atomic E-state index is 12.7. The molecule has 0 unspecified atom stereocenters. The number of carbonyl (C=O) groups is 1. The zero-order valence-corrected chi connectivity index (χ0v) is 13.8. The zero-order chi connectivity index (χ0) is 17.4. The molecule has 0 spiro atoms. The summed E-state index contributed by atoms with van der Waals surface area (Å²) in [5.74, 6) is 0.0125. The van der Waals surface area contributed by atoms with Gasteiger partial charge in [-0.3, -0.25) is 9.78 Å². The van der Waals surface area contributed by atoms with Crippen molar-refractivity contribution in [2.24, 2.45) is 0 Å². The molecule has 1 aliphatic rings. The Balaban J connectivity index is 1.89. The van der Waals surface area contributed by atoms with E-state index >= 15 is 0 Å². The first-order valence-electron chi connectivity index (χ1n) is 8.17. The van der Waals surface area contributed by atoms with Gasteiger partial charge in [-0.05, 0) is 42.8 Å². The molecule has 4 rings (SSSR count). The molecule has 2 aromatic heterocycles. The van der Waals surface area contributed by atoms with Gasteiger partial charge >= 0.3 is 0 Å². The van der Waals surface area contributed by atoms with Crippen molar-refractivity contribution in [3.8, 4) is 22.9 Å². The topological polar surface area (TPSA) is 61.9 Å². The van der Waals surface area contributed by atoms with E-state index < -0.39 is 0 Å². The average Bonchev–Trinajstić information content (AvgIpc) is 3.11. The summed E-state index contributed by atoms with van der Waals surface area (Å²) in [5.41, 5.74) is 4.89. The van der Waals surface area contributed by atoms with E-state index in [4.69, 9.17) is 5.26 Å². The van der Waals surface area contributed by atoms with Crippen LogP contribution in [-0.2, 0) is 6.54 Å². The zero-order valence-electron chi connectivity index (χ0n) is 13.8. The second-order valence-corrected chi connectivity index (χ2v) is 5.97. The van der Waals surface area contributed by atoms with E-state index in [1.165, 1.54) is 0 Å². The van der Waals surface area contributed by atoms with Crippen molar-refractivity contribution < 1.29 is 4.79 Å². The number of nitrogens with zero attached hydrogens (tertiary/aromatic N) is 4. The number of aromatic nitrogens is 2. The number of pyridine rings is 1. The summed E-state index contributed by atoms with van der Waals surface area (Å²) in [6, 6.07) is 15.4. The van der Waals surface area contributed by atoms with Crippen LogP contribution >= 0.6 is 0 Å². The summed E-state index contributed by atoms with van der Waals surface area (Å²) >= 11 is 0. The summed E-state index contributed by atoms with van der Waals surface area (Å²) in [6.45, 7) is 3.10. The van der Waals surface area contributed by atoms with Gasteiger partial charge < -0.3 is 9.47 Å². The molecule has 0 N–H and O–H groups in total. The highest BCUT2D eigenvalue weighted by atomic mass is 16.2. The van der Waals surface area contributed by atoms with E-state index in [1.807, 2.05) is 60.3 Å². The fourth-order valence-electron chi connectivity index (χ4n) is 3.17. The van der Waals surface area contributed by atoms with E-state index in [-0.39, 0.29) is 5.91 Å². The molecule has 3 heterocycles. The van der Waals surface area contributed by atoms with Crippen molar-refractivity contribution in [1.29, 1.82) is 5.26 Å². The number of hydrogen-bond acceptors (Lipinski definition) is 3. The standard InChI is InChI=1S/C20H16N4O/c1-2-23-13-17-19(24-8-4-7-18(24)20(23)25)10-16(12-22-17)15-6-3-5-14(9-15)11-21/h3-10,12H,2,13H2,1H3. The summed E-state index contributed by atoms with van der Waals surface area (Å²) in [4.78, 5) is 19.1. The number of hydrogen-bond donors (Lipinski definition) is 0. The van der Waals surface area contributed by atoms with Crippen molar-refractivity contribution in [1.82, 2.24) is 14.5 Å². The lowest BCUT2D eigenvalue weighted by molar-refractivity contribution is 0.0748. The Morgan fingerprint density at radius 1 is 1.20 bits per heavy atom. The Bertz CT molecular complexity index is 1010. The Morgan fingerprint density at radius 2 is 2.08 bits per heavy atom. The molecule has 0 radical (unpaired) electrons. The van der Waals surface area contributed by atoms with Gasteiger partial charge in [0, 0.05) is 24.5 Å². The van der Waals surface area contributed by atoms with E-state index in [9.17, 15) is 4.79 Å². The smallest absolute Gasteiger partial charge is 0.271 e. The van der Waals surface area contributed by atoms with Crippen LogP contribution in [0.25, 0.3) is 16.8 Å². The molecular formula is C20H16N4O. The van der Waals surface area contributed by atoms with Crippen molar-refractivity contribution in [3.05, 3.63) is 71.8 Å². The third kappa shape index (κ3) is 2.48. The van der Waals surface area contributed by atoms with Gasteiger partial charge in [-0.2, -0.15) is 5.26 Å². The predicted octanol–water partition coefficient (Wildman–Crippen LogP) is 3.39. The van der Waals surface area contributed by atoms with Crippen molar-refractivity contribution >= 4 is 5.91 Å². The largest absolute Gasteiger partial charge is 0.332 e. The van der Waals surface area contributed by atoms with Gasteiger partial charge in [0.05, 0.1) is 29.6 Å². The minimum absolute atomic E-state index is 0.0125. The molecule has 0 fully saturated rings. The van der Waals surface area contributed by atoms with Gasteiger partial charge in [0.25, 0.3) is 5.91 Å². The summed E-state index contributed by atoms with van der Waals surface area (Å²) in [7, 11) is 0. The first-order chi connectivity index (χ1) is 12.2. The molecule has 3 aromatic rings. The Hall–Kier alpha value is -3.39. The van der Waals surface area contributed by atoms with E-state index in [0.717, 1.165) is 22.5 Å². The lowest BCUT2D eigenvalue weighted by atomic mass is 10.0. The van der Waals surface area contributed by atoms with Gasteiger partial charge in [0.15, 0.2) is 0 Å². The molecule has 0 saturated heterocycles. The van der Waals surface area contributed by atoms with Gasteiger partial charge in [0.2, 0.25) is 0 Å². The van der Waals surface area contributed by atoms with Gasteiger partial charge in [0.1, 0.15) is 5.69 Å². The van der Waals surface area contributed by atoms with Crippen LogP contribution in [-0.4, -0.2) is 26.9 Å². The highest BCUT2D eigenvalue weighted by molar-refractivity contribution is 5.94. The van der Waals surface area contributed by atoms with Gasteiger partial charge in [-0.15, -0.1) is 0 Å². The van der Waals surface area contributed by atoms with Gasteiger partial charge in [-0.25, -0.2) is 0 Å². The lowest BCUT2D eigenvalue weighted by Crippen LogP contribution is -2.29. The Morgan fingerprint density at radius 3 is 2.88 bits per heavy atom. The quantitative estimate of drug-likeness (QED) is 0.724. The minimum Gasteiger partial charge on any atom is -0.332 e. The number of fused-ring (bicyclic) bond motifs is 3. The van der Waals surface area contributed by atoms with Crippen LogP contribution in [0.4, 0.5) is 0 Å². The molecule has 0 aliphatic carbocycles. The number of nitriles is 1. The summed E-state index contributed by atoms with van der Waals surface area (Å²) in [5, 5.41) is 9.11. The predicted molar refractivity (Wildman–Crippen MR) is 94.1 cm³/mol. The van der Waals surface area contributed by atoms with Gasteiger partial charge in [-0.1, -0.05) is 12.1 Å². The maximum Gasteiger partial charge on any atom is 0.271 e. The third-order valence-corrected chi connectivity index (χ3v) is 4.51. The van der Waals surface area contributed by atoms with Crippen LogP contribution in [0.5, 0.6) is 0 Å². The number of rotatable bonds is 2. The van der Waals surface area contributed by atoms with Crippen molar-refractivity contribution in [2.45, 2.75) is 13.5 Å². The molecular weight excluding hydrogens is 312 g/mol. The van der Waals surface area contributed by atoms with E-state index in [1.54, 1.807) is 11.0 Å². The average molecular weight is 328 g/mol. The molecule has 1 aliphatic heterocycles. The SMILES string of the molecule is CCN1Cc2ncc(-c3cccc(C#N)c3)cc2-n2cccc2C1=O. The molecule has 5 heteroatoms. The monoisotopic (exact) mass is 328 g/mol. The minimum atomic E-state index is 0.0125. The summed E-state index contributed by atoms with van der Waals surface area (Å²) < 4.78 is 1.90. The Kier molecular flexibility index (Phi) is 3.58. The van der Waals surface area contributed by atoms with Crippen molar-refractivity contribution in [3.63, 3.8) is 0 Å². The number of carbonyl (C=O) groups excluding carboxylic acids is 1. The third-order valence-electron chi connectivity index (χ3n) is 4.51. The first-order valence-corrected chi connectivity index (χ1v) is 8.17. The molecule has 0 saturated carbocycles. The normalized spacial score (nSPS) is 13.0. The lowest BCUT2D eigenvalue weighted by Gasteiger charge is -2.17. The molecule has 5 nitrogen and oxygen atoms in total. The van der Waals surface area contributed by atoms with E-state index in [2.05, 4.69) is 11.1 Å². The fourth-order valence-corrected chi connectivity index (χ4v) is 3.17. The van der Waals surface area contributed by atoms with Crippen LogP contribution in [0.2, 0.25) is 0 Å². The molecule has 1 amide bonds. The van der Waals surface area contributed by atoms with Crippen molar-refractivity contribution in [2.75, 3.05) is 6.54 Å². The maximum atomic E-state index is 12.7. The van der Waals surface area contributed by atoms with Crippen LogP contribution in [0, 0.1) is 11.3 Å². The highest BCUT2D eigenvalue weighted by Crippen LogP contribution is 2.28. The van der Waals surface area contributed by atoms with E-state index in [0.29, 0.717) is 24.3 Å². The van der Waals surface area contributed by atoms with Crippen LogP contribution in [0.1, 0.15) is 28.7 Å². The number of benzene rings is 1. The second-order valence-electron chi connectivity index (χ2n) is 5.97. The molecule has 0 bridgehead atoms. The fraction of sp³-hybridized carbons (Fsp3) is 0.150. The molecule has 25 heavy (non-hydrogen) atoms. The highest BCUT2D eigenvalue weighted by Gasteiger charge is 2.25. The molecule has 0 atom stereocenters. The molecule has 122 valence electrons.